The van der Waals surface area contributed by atoms with Gasteiger partial charge in [-0.25, -0.2) is 0 Å². The SMILES string of the molecule is NCCc1nnc2ccc3ccc(Cl)cc3n12. The second-order valence-electron chi connectivity index (χ2n) is 3.88. The lowest BCUT2D eigenvalue weighted by Crippen LogP contribution is -2.06. The average Bonchev–Trinajstić information content (AvgIpc) is 2.73. The quantitative estimate of drug-likeness (QED) is 0.753. The number of fused-ring (bicyclic) bond motifs is 3. The predicted molar refractivity (Wildman–Crippen MR) is 68.3 cm³/mol. The van der Waals surface area contributed by atoms with Gasteiger partial charge in [0.15, 0.2) is 5.65 Å². The monoisotopic (exact) mass is 246 g/mol. The summed E-state index contributed by atoms with van der Waals surface area (Å²) < 4.78 is 2.01. The van der Waals surface area contributed by atoms with Crippen LogP contribution in [0.2, 0.25) is 5.02 Å². The Morgan fingerprint density at radius 1 is 1.18 bits per heavy atom. The average molecular weight is 247 g/mol. The molecule has 0 aliphatic rings. The Labute approximate surface area is 103 Å². The van der Waals surface area contributed by atoms with Crippen molar-refractivity contribution in [3.05, 3.63) is 41.2 Å². The second-order valence-corrected chi connectivity index (χ2v) is 4.32. The first kappa shape index (κ1) is 10.5. The molecule has 5 heteroatoms. The standard InChI is InChI=1S/C12H11ClN4/c13-9-3-1-8-2-4-11-15-16-12(5-6-14)17(11)10(8)7-9/h1-4,7H,5-6,14H2. The van der Waals surface area contributed by atoms with Crippen molar-refractivity contribution in [3.8, 4) is 0 Å². The third kappa shape index (κ3) is 1.66. The van der Waals surface area contributed by atoms with E-state index in [2.05, 4.69) is 10.2 Å². The van der Waals surface area contributed by atoms with Gasteiger partial charge in [-0.3, -0.25) is 4.40 Å². The summed E-state index contributed by atoms with van der Waals surface area (Å²) in [5, 5.41) is 10.1. The summed E-state index contributed by atoms with van der Waals surface area (Å²) in [6.07, 6.45) is 0.701. The molecule has 0 aliphatic carbocycles. The van der Waals surface area contributed by atoms with Crippen LogP contribution in [0.5, 0.6) is 0 Å². The Morgan fingerprint density at radius 3 is 2.82 bits per heavy atom. The smallest absolute Gasteiger partial charge is 0.161 e. The van der Waals surface area contributed by atoms with Crippen LogP contribution in [0.1, 0.15) is 5.82 Å². The lowest BCUT2D eigenvalue weighted by Gasteiger charge is -2.04. The maximum Gasteiger partial charge on any atom is 0.161 e. The highest BCUT2D eigenvalue weighted by Crippen LogP contribution is 2.21. The molecule has 0 saturated heterocycles. The van der Waals surface area contributed by atoms with Crippen molar-refractivity contribution in [1.29, 1.82) is 0 Å². The van der Waals surface area contributed by atoms with E-state index in [4.69, 9.17) is 17.3 Å². The van der Waals surface area contributed by atoms with Gasteiger partial charge in [-0.05, 0) is 36.2 Å². The summed E-state index contributed by atoms with van der Waals surface area (Å²) in [7, 11) is 0. The Bertz CT molecular complexity index is 689. The van der Waals surface area contributed by atoms with Crippen LogP contribution in [0.15, 0.2) is 30.3 Å². The van der Waals surface area contributed by atoms with E-state index in [9.17, 15) is 0 Å². The first-order chi connectivity index (χ1) is 8.29. The topological polar surface area (TPSA) is 56.2 Å². The molecule has 1 aromatic carbocycles. The van der Waals surface area contributed by atoms with E-state index in [1.807, 2.05) is 34.7 Å². The van der Waals surface area contributed by atoms with Crippen molar-refractivity contribution in [1.82, 2.24) is 14.6 Å². The summed E-state index contributed by atoms with van der Waals surface area (Å²) in [4.78, 5) is 0. The maximum atomic E-state index is 6.04. The van der Waals surface area contributed by atoms with E-state index in [1.165, 1.54) is 0 Å². The molecular formula is C12H11ClN4. The Kier molecular flexibility index (Phi) is 2.46. The van der Waals surface area contributed by atoms with Crippen molar-refractivity contribution in [2.24, 2.45) is 5.73 Å². The molecule has 3 rings (SSSR count). The van der Waals surface area contributed by atoms with Gasteiger partial charge in [0.05, 0.1) is 5.52 Å². The molecular weight excluding hydrogens is 236 g/mol. The number of benzene rings is 1. The van der Waals surface area contributed by atoms with Crippen molar-refractivity contribution in [3.63, 3.8) is 0 Å². The molecule has 2 N–H and O–H groups in total. The van der Waals surface area contributed by atoms with Crippen LogP contribution in [-0.2, 0) is 6.42 Å². The third-order valence-corrected chi connectivity index (χ3v) is 3.00. The zero-order chi connectivity index (χ0) is 11.8. The zero-order valence-corrected chi connectivity index (χ0v) is 9.85. The highest BCUT2D eigenvalue weighted by molar-refractivity contribution is 6.31. The summed E-state index contributed by atoms with van der Waals surface area (Å²) in [5.74, 6) is 0.871. The number of hydrogen-bond donors (Lipinski definition) is 1. The van der Waals surface area contributed by atoms with E-state index in [0.29, 0.717) is 18.0 Å². The van der Waals surface area contributed by atoms with Crippen LogP contribution in [0.25, 0.3) is 16.6 Å². The van der Waals surface area contributed by atoms with Crippen LogP contribution in [-0.4, -0.2) is 21.1 Å². The summed E-state index contributed by atoms with van der Waals surface area (Å²) in [6, 6.07) is 9.75. The van der Waals surface area contributed by atoms with Gasteiger partial charge >= 0.3 is 0 Å². The van der Waals surface area contributed by atoms with Gasteiger partial charge in [0.2, 0.25) is 0 Å². The zero-order valence-electron chi connectivity index (χ0n) is 9.10. The molecule has 86 valence electrons. The van der Waals surface area contributed by atoms with Gasteiger partial charge < -0.3 is 5.73 Å². The molecule has 0 atom stereocenters. The van der Waals surface area contributed by atoms with Gasteiger partial charge in [0.1, 0.15) is 5.82 Å². The minimum absolute atomic E-state index is 0.553. The largest absolute Gasteiger partial charge is 0.330 e. The Balaban J connectivity index is 2.42. The second kappa shape index (κ2) is 3.98. The fraction of sp³-hybridized carbons (Fsp3) is 0.167. The van der Waals surface area contributed by atoms with Gasteiger partial charge in [0.25, 0.3) is 0 Å². The fourth-order valence-electron chi connectivity index (χ4n) is 2.01. The van der Waals surface area contributed by atoms with Crippen molar-refractivity contribution in [2.75, 3.05) is 6.54 Å². The predicted octanol–water partition coefficient (Wildman–Crippen LogP) is 2.04. The fourth-order valence-corrected chi connectivity index (χ4v) is 2.17. The number of hydrogen-bond acceptors (Lipinski definition) is 3. The molecule has 0 radical (unpaired) electrons. The van der Waals surface area contributed by atoms with Gasteiger partial charge in [0, 0.05) is 11.4 Å². The van der Waals surface area contributed by atoms with Gasteiger partial charge in [-0.2, -0.15) is 0 Å². The van der Waals surface area contributed by atoms with Crippen LogP contribution >= 0.6 is 11.6 Å². The Morgan fingerprint density at radius 2 is 2.00 bits per heavy atom. The summed E-state index contributed by atoms with van der Waals surface area (Å²) in [6.45, 7) is 0.553. The number of rotatable bonds is 2. The van der Waals surface area contributed by atoms with Crippen molar-refractivity contribution >= 4 is 28.2 Å². The molecule has 3 aromatic rings. The van der Waals surface area contributed by atoms with E-state index >= 15 is 0 Å². The molecule has 4 nitrogen and oxygen atoms in total. The summed E-state index contributed by atoms with van der Waals surface area (Å²) in [5.41, 5.74) is 7.42. The van der Waals surface area contributed by atoms with Crippen LogP contribution < -0.4 is 5.73 Å². The molecule has 0 fully saturated rings. The minimum atomic E-state index is 0.553. The van der Waals surface area contributed by atoms with Crippen LogP contribution in [0.4, 0.5) is 0 Å². The normalized spacial score (nSPS) is 11.4. The van der Waals surface area contributed by atoms with Crippen molar-refractivity contribution < 1.29 is 0 Å². The molecule has 0 amide bonds. The minimum Gasteiger partial charge on any atom is -0.330 e. The Hall–Kier alpha value is -1.65. The molecule has 0 spiro atoms. The van der Waals surface area contributed by atoms with Crippen molar-refractivity contribution in [2.45, 2.75) is 6.42 Å². The number of halogens is 1. The first-order valence-corrected chi connectivity index (χ1v) is 5.80. The highest BCUT2D eigenvalue weighted by atomic mass is 35.5. The molecule has 0 bridgehead atoms. The number of nitrogens with two attached hydrogens (primary N) is 1. The third-order valence-electron chi connectivity index (χ3n) is 2.77. The van der Waals surface area contributed by atoms with E-state index < -0.39 is 0 Å². The number of pyridine rings is 1. The number of nitrogens with zero attached hydrogens (tertiary/aromatic N) is 3. The van der Waals surface area contributed by atoms with Gasteiger partial charge in [-0.1, -0.05) is 17.7 Å². The highest BCUT2D eigenvalue weighted by Gasteiger charge is 2.08. The molecule has 0 unspecified atom stereocenters. The maximum absolute atomic E-state index is 6.04. The lowest BCUT2D eigenvalue weighted by atomic mass is 10.2. The van der Waals surface area contributed by atoms with Crippen LogP contribution in [0, 0.1) is 0 Å². The van der Waals surface area contributed by atoms with E-state index in [-0.39, 0.29) is 0 Å². The molecule has 0 aliphatic heterocycles. The molecule has 0 saturated carbocycles. The molecule has 2 aromatic heterocycles. The van der Waals surface area contributed by atoms with Crippen LogP contribution in [0.3, 0.4) is 0 Å². The van der Waals surface area contributed by atoms with E-state index in [1.54, 1.807) is 0 Å². The molecule has 17 heavy (non-hydrogen) atoms. The lowest BCUT2D eigenvalue weighted by molar-refractivity contribution is 0.857. The van der Waals surface area contributed by atoms with Gasteiger partial charge in [-0.15, -0.1) is 10.2 Å². The summed E-state index contributed by atoms with van der Waals surface area (Å²) >= 11 is 6.04. The molecule has 2 heterocycles. The first-order valence-electron chi connectivity index (χ1n) is 5.42. The van der Waals surface area contributed by atoms with E-state index in [0.717, 1.165) is 22.4 Å². The number of aromatic nitrogens is 3.